The van der Waals surface area contributed by atoms with Gasteiger partial charge in [-0.1, -0.05) is 31.2 Å². The number of amides is 2. The molecule has 0 atom stereocenters. The second-order valence-corrected chi connectivity index (χ2v) is 8.71. The van der Waals surface area contributed by atoms with E-state index in [4.69, 9.17) is 0 Å². The summed E-state index contributed by atoms with van der Waals surface area (Å²) in [6, 6.07) is 12.3. The number of Topliss-reactive ketones (excluding diaryl/α,β-unsaturated/α-hetero) is 1. The molecule has 0 fully saturated rings. The van der Waals surface area contributed by atoms with Gasteiger partial charge in [0.05, 0.1) is 16.5 Å². The Bertz CT molecular complexity index is 1210. The second kappa shape index (κ2) is 12.3. The van der Waals surface area contributed by atoms with E-state index in [-0.39, 0.29) is 11.5 Å². The molecular weight excluding hydrogens is 495 g/mol. The zero-order valence-electron chi connectivity index (χ0n) is 19.6. The number of hydrogen-bond donors (Lipinski definition) is 1. The van der Waals surface area contributed by atoms with Crippen molar-refractivity contribution in [3.05, 3.63) is 60.4 Å². The molecule has 3 rings (SSSR count). The Kier molecular flexibility index (Phi) is 9.23. The summed E-state index contributed by atoms with van der Waals surface area (Å²) in [4.78, 5) is 31.4. The molecule has 1 N–H and O–H groups in total. The number of nitrogens with one attached hydrogen (secondary N) is 1. The predicted molar refractivity (Wildman–Crippen MR) is 131 cm³/mol. The summed E-state index contributed by atoms with van der Waals surface area (Å²) in [5.74, 6) is 0.549. The Labute approximate surface area is 210 Å². The minimum atomic E-state index is -4.75. The van der Waals surface area contributed by atoms with Crippen molar-refractivity contribution in [1.82, 2.24) is 20.1 Å². The molecule has 0 spiro atoms. The molecule has 190 valence electrons. The third kappa shape index (κ3) is 8.52. The number of urea groups is 1. The van der Waals surface area contributed by atoms with Crippen molar-refractivity contribution in [2.24, 2.45) is 4.99 Å². The SMILES string of the molecule is CCC(=O)CS/C(C)=N\C(=O)NCCc1ccc(-c2ncn(-c3ccc(OC(F)(F)F)cc3)n2)cc1. The van der Waals surface area contributed by atoms with Crippen LogP contribution in [0.2, 0.25) is 0 Å². The molecular formula is C24H24F3N5O3S. The average molecular weight is 520 g/mol. The lowest BCUT2D eigenvalue weighted by molar-refractivity contribution is -0.274. The molecule has 0 aliphatic rings. The highest BCUT2D eigenvalue weighted by Crippen LogP contribution is 2.24. The molecule has 0 aliphatic heterocycles. The molecule has 2 amide bonds. The number of hydrogen-bond acceptors (Lipinski definition) is 6. The van der Waals surface area contributed by atoms with E-state index < -0.39 is 12.4 Å². The number of alkyl halides is 3. The van der Waals surface area contributed by atoms with E-state index in [0.717, 1.165) is 11.1 Å². The van der Waals surface area contributed by atoms with Crippen molar-refractivity contribution < 1.29 is 27.5 Å². The molecule has 12 heteroatoms. The summed E-state index contributed by atoms with van der Waals surface area (Å²) in [7, 11) is 0. The minimum Gasteiger partial charge on any atom is -0.406 e. The van der Waals surface area contributed by atoms with Gasteiger partial charge in [-0.3, -0.25) is 4.79 Å². The van der Waals surface area contributed by atoms with Crippen LogP contribution in [0.25, 0.3) is 17.1 Å². The first kappa shape index (κ1) is 26.9. The van der Waals surface area contributed by atoms with E-state index in [0.29, 0.717) is 41.7 Å². The van der Waals surface area contributed by atoms with Gasteiger partial charge in [0.1, 0.15) is 17.9 Å². The van der Waals surface area contributed by atoms with Crippen molar-refractivity contribution in [3.8, 4) is 22.8 Å². The van der Waals surface area contributed by atoms with Gasteiger partial charge in [-0.25, -0.2) is 14.5 Å². The molecule has 3 aromatic rings. The molecule has 1 heterocycles. The van der Waals surface area contributed by atoms with Crippen LogP contribution in [-0.4, -0.2) is 50.3 Å². The molecule has 1 aromatic heterocycles. The normalized spacial score (nSPS) is 11.9. The zero-order valence-corrected chi connectivity index (χ0v) is 20.4. The summed E-state index contributed by atoms with van der Waals surface area (Å²) < 4.78 is 42.3. The van der Waals surface area contributed by atoms with Crippen molar-refractivity contribution in [1.29, 1.82) is 0 Å². The van der Waals surface area contributed by atoms with Crippen molar-refractivity contribution in [2.45, 2.75) is 33.1 Å². The van der Waals surface area contributed by atoms with Crippen LogP contribution >= 0.6 is 11.8 Å². The van der Waals surface area contributed by atoms with Crippen LogP contribution in [-0.2, 0) is 11.2 Å². The highest BCUT2D eigenvalue weighted by Gasteiger charge is 2.31. The minimum absolute atomic E-state index is 0.106. The lowest BCUT2D eigenvalue weighted by Gasteiger charge is -2.09. The standard InChI is InChI=1S/C24H24F3N5O3S/c1-3-20(33)14-36-16(2)30-23(34)28-13-12-17-4-6-18(7-5-17)22-29-15-32(31-22)19-8-10-21(11-9-19)35-24(25,26)27/h4-11,15H,3,12-14H2,1-2H3,(H,28,34)/b30-16-. The van der Waals surface area contributed by atoms with Crippen LogP contribution in [0.3, 0.4) is 0 Å². The van der Waals surface area contributed by atoms with Crippen LogP contribution in [0, 0.1) is 0 Å². The second-order valence-electron chi connectivity index (χ2n) is 7.55. The number of benzene rings is 2. The van der Waals surface area contributed by atoms with Gasteiger partial charge in [-0.15, -0.1) is 30.0 Å². The van der Waals surface area contributed by atoms with Crippen LogP contribution < -0.4 is 10.1 Å². The third-order valence-corrected chi connectivity index (χ3v) is 5.80. The highest BCUT2D eigenvalue weighted by molar-refractivity contribution is 8.14. The lowest BCUT2D eigenvalue weighted by atomic mass is 10.1. The van der Waals surface area contributed by atoms with Crippen LogP contribution in [0.15, 0.2) is 59.9 Å². The maximum Gasteiger partial charge on any atom is 0.573 e. The van der Waals surface area contributed by atoms with Gasteiger partial charge in [-0.2, -0.15) is 4.99 Å². The van der Waals surface area contributed by atoms with E-state index in [9.17, 15) is 22.8 Å². The number of nitrogens with zero attached hydrogens (tertiary/aromatic N) is 4. The Balaban J connectivity index is 1.51. The highest BCUT2D eigenvalue weighted by atomic mass is 32.2. The fourth-order valence-corrected chi connectivity index (χ4v) is 3.68. The number of ketones is 1. The predicted octanol–water partition coefficient (Wildman–Crippen LogP) is 5.22. The monoisotopic (exact) mass is 519 g/mol. The number of carbonyl (C=O) groups excluding carboxylic acids is 2. The fourth-order valence-electron chi connectivity index (χ4n) is 2.96. The van der Waals surface area contributed by atoms with E-state index in [1.54, 1.807) is 13.8 Å². The molecule has 0 radical (unpaired) electrons. The Morgan fingerprint density at radius 2 is 1.81 bits per heavy atom. The van der Waals surface area contributed by atoms with Gasteiger partial charge in [0.2, 0.25) is 0 Å². The van der Waals surface area contributed by atoms with Crippen molar-refractivity contribution in [3.63, 3.8) is 0 Å². The number of ether oxygens (including phenoxy) is 1. The molecule has 0 saturated heterocycles. The maximum absolute atomic E-state index is 12.3. The van der Waals surface area contributed by atoms with Crippen LogP contribution in [0.1, 0.15) is 25.8 Å². The van der Waals surface area contributed by atoms with Gasteiger partial charge in [0.25, 0.3) is 0 Å². The average Bonchev–Trinajstić information content (AvgIpc) is 3.33. The smallest absolute Gasteiger partial charge is 0.406 e. The number of thioether (sulfide) groups is 1. The molecule has 8 nitrogen and oxygen atoms in total. The maximum atomic E-state index is 12.3. The van der Waals surface area contributed by atoms with E-state index in [1.165, 1.54) is 47.0 Å². The summed E-state index contributed by atoms with van der Waals surface area (Å²) in [5, 5.41) is 7.64. The largest absolute Gasteiger partial charge is 0.573 e. The quantitative estimate of drug-likeness (QED) is 0.308. The topological polar surface area (TPSA) is 98.5 Å². The third-order valence-electron chi connectivity index (χ3n) is 4.82. The summed E-state index contributed by atoms with van der Waals surface area (Å²) >= 11 is 1.25. The Morgan fingerprint density at radius 1 is 1.11 bits per heavy atom. The molecule has 2 aromatic carbocycles. The summed E-state index contributed by atoms with van der Waals surface area (Å²) in [6.45, 7) is 3.88. The van der Waals surface area contributed by atoms with Crippen molar-refractivity contribution >= 4 is 28.6 Å². The fraction of sp³-hybridized carbons (Fsp3) is 0.292. The summed E-state index contributed by atoms with van der Waals surface area (Å²) in [5.41, 5.74) is 2.28. The molecule has 36 heavy (non-hydrogen) atoms. The van der Waals surface area contributed by atoms with Gasteiger partial charge in [0.15, 0.2) is 5.82 Å². The summed E-state index contributed by atoms with van der Waals surface area (Å²) in [6.07, 6.45) is -2.22. The molecule has 0 aliphatic carbocycles. The van der Waals surface area contributed by atoms with Gasteiger partial charge in [-0.05, 0) is 43.2 Å². The van der Waals surface area contributed by atoms with E-state index >= 15 is 0 Å². The van der Waals surface area contributed by atoms with Crippen molar-refractivity contribution in [2.75, 3.05) is 12.3 Å². The Morgan fingerprint density at radius 3 is 2.44 bits per heavy atom. The van der Waals surface area contributed by atoms with Crippen LogP contribution in [0.4, 0.5) is 18.0 Å². The number of rotatable bonds is 9. The van der Waals surface area contributed by atoms with E-state index in [1.807, 2.05) is 24.3 Å². The van der Waals surface area contributed by atoms with E-state index in [2.05, 4.69) is 25.1 Å². The first-order valence-corrected chi connectivity index (χ1v) is 12.0. The van der Waals surface area contributed by atoms with Gasteiger partial charge in [0, 0.05) is 18.5 Å². The van der Waals surface area contributed by atoms with Gasteiger partial charge < -0.3 is 10.1 Å². The molecule has 0 unspecified atom stereocenters. The lowest BCUT2D eigenvalue weighted by Crippen LogP contribution is -2.23. The number of aliphatic imine (C=N–C) groups is 1. The first-order chi connectivity index (χ1) is 17.1. The zero-order chi connectivity index (χ0) is 26.1. The number of aromatic nitrogens is 3. The van der Waals surface area contributed by atoms with Gasteiger partial charge >= 0.3 is 12.4 Å². The number of halogens is 3. The molecule has 0 saturated carbocycles. The first-order valence-electron chi connectivity index (χ1n) is 11.0. The Hall–Kier alpha value is -3.67. The number of carbonyl (C=O) groups is 2. The molecule has 0 bridgehead atoms. The van der Waals surface area contributed by atoms with Crippen LogP contribution in [0.5, 0.6) is 5.75 Å².